The molecule has 2 aromatic carbocycles. The normalized spacial score (nSPS) is 12.8. The number of hydrogen-bond donors (Lipinski definition) is 2. The van der Waals surface area contributed by atoms with Gasteiger partial charge in [0.05, 0.1) is 26.7 Å². The van der Waals surface area contributed by atoms with Gasteiger partial charge in [0.15, 0.2) is 5.11 Å². The van der Waals surface area contributed by atoms with Crippen molar-refractivity contribution in [3.63, 3.8) is 0 Å². The Hall–Kier alpha value is -2.48. The van der Waals surface area contributed by atoms with Crippen molar-refractivity contribution in [2.45, 2.75) is 0 Å². The van der Waals surface area contributed by atoms with E-state index in [0.29, 0.717) is 11.3 Å². The van der Waals surface area contributed by atoms with E-state index < -0.39 is 11.8 Å². The van der Waals surface area contributed by atoms with E-state index in [1.807, 2.05) is 0 Å². The minimum absolute atomic E-state index is 0.0103. The molecule has 0 atom stereocenters. The smallest absolute Gasteiger partial charge is 0.261 e. The van der Waals surface area contributed by atoms with Crippen LogP contribution in [0.2, 0.25) is 10.0 Å². The number of carbonyl (C=O) groups excluding carboxylic acids is 3. The van der Waals surface area contributed by atoms with Crippen molar-refractivity contribution in [2.24, 2.45) is 0 Å². The molecule has 0 aliphatic carbocycles. The van der Waals surface area contributed by atoms with Gasteiger partial charge in [-0.15, -0.1) is 0 Å². The molecule has 3 rings (SSSR count). The second-order valence-electron chi connectivity index (χ2n) is 5.44. The highest BCUT2D eigenvalue weighted by Gasteiger charge is 2.32. The lowest BCUT2D eigenvalue weighted by Crippen LogP contribution is -2.34. The summed E-state index contributed by atoms with van der Waals surface area (Å²) in [5.74, 6) is -1.28. The summed E-state index contributed by atoms with van der Waals surface area (Å²) in [5, 5.41) is 5.67. The number of halogens is 2. The predicted octanol–water partition coefficient (Wildman–Crippen LogP) is 3.35. The molecule has 1 aliphatic heterocycles. The lowest BCUT2D eigenvalue weighted by atomic mass is 10.1. The average molecular weight is 408 g/mol. The van der Waals surface area contributed by atoms with Crippen LogP contribution in [0.15, 0.2) is 36.4 Å². The van der Waals surface area contributed by atoms with Crippen molar-refractivity contribution >= 4 is 63.9 Å². The van der Waals surface area contributed by atoms with Crippen LogP contribution in [0, 0.1) is 0 Å². The Bertz CT molecular complexity index is 978. The summed E-state index contributed by atoms with van der Waals surface area (Å²) in [7, 11) is 1.41. The van der Waals surface area contributed by atoms with Crippen LogP contribution in [0.3, 0.4) is 0 Å². The Morgan fingerprint density at radius 1 is 1.08 bits per heavy atom. The molecule has 2 N–H and O–H groups in total. The van der Waals surface area contributed by atoms with Crippen molar-refractivity contribution in [1.29, 1.82) is 0 Å². The number of fused-ring (bicyclic) bond motifs is 1. The third-order valence-electron chi connectivity index (χ3n) is 3.77. The number of amides is 3. The van der Waals surface area contributed by atoms with E-state index in [1.54, 1.807) is 18.2 Å². The van der Waals surface area contributed by atoms with Gasteiger partial charge < -0.3 is 5.32 Å². The Kier molecular flexibility index (Phi) is 4.95. The highest BCUT2D eigenvalue weighted by Crippen LogP contribution is 2.26. The molecule has 26 heavy (non-hydrogen) atoms. The number of imide groups is 1. The number of carbonyl (C=O) groups is 3. The molecule has 0 radical (unpaired) electrons. The fourth-order valence-electron chi connectivity index (χ4n) is 2.45. The standard InChI is InChI=1S/C17H11Cl2N3O3S/c1-22-15(24)9-6-5-8(7-11(9)16(22)25)20-17(26)21-14(23)10-3-2-4-12(18)13(10)19/h2-7H,1H3,(H2,20,21,23,26). The molecule has 0 fully saturated rings. The largest absolute Gasteiger partial charge is 0.332 e. The third kappa shape index (κ3) is 3.29. The van der Waals surface area contributed by atoms with Crippen molar-refractivity contribution in [3.05, 3.63) is 63.1 Å². The summed E-state index contributed by atoms with van der Waals surface area (Å²) in [5.41, 5.74) is 1.24. The van der Waals surface area contributed by atoms with Crippen LogP contribution in [-0.4, -0.2) is 34.8 Å². The quantitative estimate of drug-likeness (QED) is 0.589. The zero-order valence-electron chi connectivity index (χ0n) is 13.3. The Morgan fingerprint density at radius 2 is 1.77 bits per heavy atom. The monoisotopic (exact) mass is 407 g/mol. The molecule has 1 aliphatic rings. The van der Waals surface area contributed by atoms with Gasteiger partial charge in [-0.25, -0.2) is 0 Å². The van der Waals surface area contributed by atoms with Crippen molar-refractivity contribution in [2.75, 3.05) is 12.4 Å². The van der Waals surface area contributed by atoms with Crippen LogP contribution in [0.1, 0.15) is 31.1 Å². The van der Waals surface area contributed by atoms with Crippen molar-refractivity contribution in [3.8, 4) is 0 Å². The number of nitrogens with one attached hydrogen (secondary N) is 2. The van der Waals surface area contributed by atoms with Crippen LogP contribution < -0.4 is 10.6 Å². The van der Waals surface area contributed by atoms with Gasteiger partial charge in [0, 0.05) is 12.7 Å². The van der Waals surface area contributed by atoms with E-state index in [0.717, 1.165) is 4.90 Å². The van der Waals surface area contributed by atoms with Gasteiger partial charge >= 0.3 is 0 Å². The third-order valence-corrected chi connectivity index (χ3v) is 4.79. The van der Waals surface area contributed by atoms with E-state index >= 15 is 0 Å². The Balaban J connectivity index is 1.73. The Labute approximate surface area is 164 Å². The molecular weight excluding hydrogens is 397 g/mol. The van der Waals surface area contributed by atoms with Gasteiger partial charge in [0.25, 0.3) is 17.7 Å². The van der Waals surface area contributed by atoms with Gasteiger partial charge in [-0.05, 0) is 42.5 Å². The van der Waals surface area contributed by atoms with Gasteiger partial charge in [-0.3, -0.25) is 24.6 Å². The number of nitrogens with zero attached hydrogens (tertiary/aromatic N) is 1. The van der Waals surface area contributed by atoms with Gasteiger partial charge in [0.2, 0.25) is 0 Å². The number of thiocarbonyl (C=S) groups is 1. The number of rotatable bonds is 2. The maximum absolute atomic E-state index is 12.3. The molecule has 0 spiro atoms. The first kappa shape index (κ1) is 18.3. The number of benzene rings is 2. The maximum atomic E-state index is 12.3. The average Bonchev–Trinajstić information content (AvgIpc) is 2.81. The van der Waals surface area contributed by atoms with Crippen molar-refractivity contribution in [1.82, 2.24) is 10.2 Å². The van der Waals surface area contributed by atoms with E-state index in [2.05, 4.69) is 10.6 Å². The molecular formula is C17H11Cl2N3O3S. The second-order valence-corrected chi connectivity index (χ2v) is 6.63. The molecule has 3 amide bonds. The summed E-state index contributed by atoms with van der Waals surface area (Å²) in [6.07, 6.45) is 0. The van der Waals surface area contributed by atoms with Crippen LogP contribution >= 0.6 is 35.4 Å². The van der Waals surface area contributed by atoms with Gasteiger partial charge in [-0.2, -0.15) is 0 Å². The molecule has 0 bridgehead atoms. The van der Waals surface area contributed by atoms with Crippen LogP contribution in [0.25, 0.3) is 0 Å². The first-order chi connectivity index (χ1) is 12.3. The van der Waals surface area contributed by atoms with Crippen LogP contribution in [0.5, 0.6) is 0 Å². The highest BCUT2D eigenvalue weighted by atomic mass is 35.5. The van der Waals surface area contributed by atoms with E-state index in [1.165, 1.54) is 25.2 Å². The van der Waals surface area contributed by atoms with Gasteiger partial charge in [-0.1, -0.05) is 29.3 Å². The Morgan fingerprint density at radius 3 is 2.50 bits per heavy atom. The topological polar surface area (TPSA) is 78.5 Å². The lowest BCUT2D eigenvalue weighted by molar-refractivity contribution is 0.0692. The summed E-state index contributed by atoms with van der Waals surface area (Å²) in [4.78, 5) is 37.2. The zero-order chi connectivity index (χ0) is 19.0. The maximum Gasteiger partial charge on any atom is 0.261 e. The molecule has 9 heteroatoms. The van der Waals surface area contributed by atoms with Crippen LogP contribution in [-0.2, 0) is 0 Å². The molecule has 0 aromatic heterocycles. The molecule has 6 nitrogen and oxygen atoms in total. The highest BCUT2D eigenvalue weighted by molar-refractivity contribution is 7.80. The number of hydrogen-bond acceptors (Lipinski definition) is 4. The molecule has 132 valence electrons. The van der Waals surface area contributed by atoms with E-state index in [9.17, 15) is 14.4 Å². The summed E-state index contributed by atoms with van der Waals surface area (Å²) in [6, 6.07) is 9.30. The summed E-state index contributed by atoms with van der Waals surface area (Å²) < 4.78 is 0. The molecule has 2 aromatic rings. The second kappa shape index (κ2) is 7.03. The molecule has 0 saturated heterocycles. The predicted molar refractivity (Wildman–Crippen MR) is 103 cm³/mol. The van der Waals surface area contributed by atoms with Crippen molar-refractivity contribution < 1.29 is 14.4 Å². The fourth-order valence-corrected chi connectivity index (χ4v) is 3.05. The summed E-state index contributed by atoms with van der Waals surface area (Å²) >= 11 is 17.0. The minimum Gasteiger partial charge on any atom is -0.332 e. The molecule has 0 saturated carbocycles. The first-order valence-corrected chi connectivity index (χ1v) is 8.49. The van der Waals surface area contributed by atoms with E-state index in [-0.39, 0.29) is 32.2 Å². The molecule has 1 heterocycles. The van der Waals surface area contributed by atoms with E-state index in [4.69, 9.17) is 35.4 Å². The summed E-state index contributed by atoms with van der Waals surface area (Å²) in [6.45, 7) is 0. The SMILES string of the molecule is CN1C(=O)c2ccc(NC(=S)NC(=O)c3cccc(Cl)c3Cl)cc2C1=O. The first-order valence-electron chi connectivity index (χ1n) is 7.32. The lowest BCUT2D eigenvalue weighted by Gasteiger charge is -2.11. The molecule has 0 unspecified atom stereocenters. The fraction of sp³-hybridized carbons (Fsp3) is 0.0588. The number of anilines is 1. The van der Waals surface area contributed by atoms with Crippen LogP contribution in [0.4, 0.5) is 5.69 Å². The minimum atomic E-state index is -0.526. The van der Waals surface area contributed by atoms with Gasteiger partial charge in [0.1, 0.15) is 0 Å². The zero-order valence-corrected chi connectivity index (χ0v) is 15.6.